The molecule has 5 aromatic rings. The third kappa shape index (κ3) is 3.59. The molecule has 8 nitrogen and oxygen atoms in total. The van der Waals surface area contributed by atoms with E-state index >= 15 is 0 Å². The molecular weight excluding hydrogens is 443 g/mol. The van der Waals surface area contributed by atoms with Gasteiger partial charge in [-0.1, -0.05) is 12.1 Å². The summed E-state index contributed by atoms with van der Waals surface area (Å²) in [6.07, 6.45) is 7.58. The van der Waals surface area contributed by atoms with Gasteiger partial charge in [0.2, 0.25) is 0 Å². The van der Waals surface area contributed by atoms with E-state index in [9.17, 15) is 9.65 Å². The van der Waals surface area contributed by atoms with Gasteiger partial charge >= 0.3 is 0 Å². The van der Waals surface area contributed by atoms with E-state index in [1.54, 1.807) is 16.9 Å². The number of nitrogens with zero attached hydrogens (tertiary/aromatic N) is 7. The minimum Gasteiger partial charge on any atom is -0.352 e. The Morgan fingerprint density at radius 2 is 2.03 bits per heavy atom. The normalized spacial score (nSPS) is 16.2. The van der Waals surface area contributed by atoms with Crippen LogP contribution in [0.2, 0.25) is 0 Å². The number of benzene rings is 2. The van der Waals surface area contributed by atoms with Crippen LogP contribution in [0.3, 0.4) is 0 Å². The van der Waals surface area contributed by atoms with E-state index in [-0.39, 0.29) is 11.6 Å². The van der Waals surface area contributed by atoms with E-state index < -0.39 is 5.82 Å². The molecule has 1 unspecified atom stereocenters. The van der Waals surface area contributed by atoms with Gasteiger partial charge in [0.1, 0.15) is 11.9 Å². The third-order valence-corrected chi connectivity index (χ3v) is 6.54. The van der Waals surface area contributed by atoms with Gasteiger partial charge in [0.15, 0.2) is 11.5 Å². The number of nitriles is 1. The van der Waals surface area contributed by atoms with E-state index in [4.69, 9.17) is 10.7 Å². The van der Waals surface area contributed by atoms with Gasteiger partial charge in [0.05, 0.1) is 22.5 Å². The molecule has 1 saturated heterocycles. The standard InChI is InChI=1S/C26H23FN8/c1-33-14-19-11-17(6-7-22(19)32-33)24-23(16-4-5-18(13-28)21(27)12-16)31-26-25(30-8-10-35(24)26)34-9-2-3-20(29)15-34/h4-8,10-12,14,20H,2-3,9,15,29H2,1H3. The molecular formula is C26H23FN8. The van der Waals surface area contributed by atoms with Gasteiger partial charge in [0, 0.05) is 61.3 Å². The van der Waals surface area contributed by atoms with Gasteiger partial charge < -0.3 is 10.6 Å². The molecule has 3 aromatic heterocycles. The van der Waals surface area contributed by atoms with Crippen molar-refractivity contribution in [1.82, 2.24) is 24.1 Å². The molecule has 0 spiro atoms. The largest absolute Gasteiger partial charge is 0.352 e. The molecule has 1 aliphatic rings. The van der Waals surface area contributed by atoms with Crippen LogP contribution in [-0.2, 0) is 7.05 Å². The number of imidazole rings is 1. The SMILES string of the molecule is Cn1cc2cc(-c3c(-c4ccc(C#N)c(F)c4)nc4c(N5CCCC(N)C5)nccn34)ccc2n1. The second-order valence-electron chi connectivity index (χ2n) is 8.98. The maximum atomic E-state index is 14.6. The summed E-state index contributed by atoms with van der Waals surface area (Å²) >= 11 is 0. The molecule has 2 aromatic carbocycles. The maximum Gasteiger partial charge on any atom is 0.181 e. The van der Waals surface area contributed by atoms with Gasteiger partial charge in [-0.3, -0.25) is 9.08 Å². The quantitative estimate of drug-likeness (QED) is 0.433. The molecule has 0 aliphatic carbocycles. The molecule has 1 fully saturated rings. The topological polar surface area (TPSA) is 101 Å². The number of hydrogen-bond donors (Lipinski definition) is 1. The zero-order valence-electron chi connectivity index (χ0n) is 19.2. The first kappa shape index (κ1) is 21.3. The summed E-state index contributed by atoms with van der Waals surface area (Å²) in [5, 5.41) is 14.7. The van der Waals surface area contributed by atoms with Crippen molar-refractivity contribution in [2.75, 3.05) is 18.0 Å². The van der Waals surface area contributed by atoms with Crippen molar-refractivity contribution in [2.24, 2.45) is 12.8 Å². The monoisotopic (exact) mass is 466 g/mol. The maximum absolute atomic E-state index is 14.6. The van der Waals surface area contributed by atoms with E-state index in [2.05, 4.69) is 21.0 Å². The van der Waals surface area contributed by atoms with Crippen LogP contribution in [0.5, 0.6) is 0 Å². The zero-order chi connectivity index (χ0) is 24.1. The number of nitrogens with two attached hydrogens (primary N) is 1. The van der Waals surface area contributed by atoms with E-state index in [0.717, 1.165) is 47.4 Å². The molecule has 0 radical (unpaired) electrons. The average Bonchev–Trinajstić information content (AvgIpc) is 3.43. The number of hydrogen-bond acceptors (Lipinski definition) is 6. The molecule has 1 atom stereocenters. The fourth-order valence-corrected chi connectivity index (χ4v) is 4.92. The highest BCUT2D eigenvalue weighted by molar-refractivity contribution is 5.90. The van der Waals surface area contributed by atoms with Crippen molar-refractivity contribution >= 4 is 22.4 Å². The number of halogens is 1. The van der Waals surface area contributed by atoms with Gasteiger partial charge in [-0.05, 0) is 37.1 Å². The summed E-state index contributed by atoms with van der Waals surface area (Å²) in [5.41, 5.74) is 10.8. The summed E-state index contributed by atoms with van der Waals surface area (Å²) in [5.74, 6) is 0.183. The fraction of sp³-hybridized carbons (Fsp3) is 0.231. The number of rotatable bonds is 3. The average molecular weight is 467 g/mol. The molecule has 0 bridgehead atoms. The molecule has 174 valence electrons. The molecule has 4 heterocycles. The van der Waals surface area contributed by atoms with Crippen LogP contribution in [0, 0.1) is 17.1 Å². The molecule has 0 saturated carbocycles. The predicted molar refractivity (Wildman–Crippen MR) is 132 cm³/mol. The van der Waals surface area contributed by atoms with Crippen molar-refractivity contribution in [3.8, 4) is 28.6 Å². The summed E-state index contributed by atoms with van der Waals surface area (Å²) < 4.78 is 18.4. The lowest BCUT2D eigenvalue weighted by molar-refractivity contribution is 0.503. The zero-order valence-corrected chi connectivity index (χ0v) is 19.2. The van der Waals surface area contributed by atoms with Crippen LogP contribution in [0.4, 0.5) is 10.2 Å². The Morgan fingerprint density at radius 1 is 1.17 bits per heavy atom. The molecule has 35 heavy (non-hydrogen) atoms. The van der Waals surface area contributed by atoms with Crippen molar-refractivity contribution in [3.05, 3.63) is 66.4 Å². The van der Waals surface area contributed by atoms with Crippen LogP contribution in [0.15, 0.2) is 55.0 Å². The molecule has 1 aliphatic heterocycles. The minimum atomic E-state index is -0.573. The van der Waals surface area contributed by atoms with Crippen molar-refractivity contribution in [1.29, 1.82) is 5.26 Å². The summed E-state index contributed by atoms with van der Waals surface area (Å²) in [4.78, 5) is 11.8. The van der Waals surface area contributed by atoms with Crippen molar-refractivity contribution in [3.63, 3.8) is 0 Å². The Bertz CT molecular complexity index is 1630. The van der Waals surface area contributed by atoms with E-state index in [1.807, 2.05) is 42.0 Å². The first-order valence-corrected chi connectivity index (χ1v) is 11.5. The Labute approximate surface area is 201 Å². The minimum absolute atomic E-state index is 0.000466. The number of piperidine rings is 1. The fourth-order valence-electron chi connectivity index (χ4n) is 4.92. The van der Waals surface area contributed by atoms with Crippen LogP contribution >= 0.6 is 0 Å². The first-order chi connectivity index (χ1) is 17.0. The highest BCUT2D eigenvalue weighted by Crippen LogP contribution is 2.37. The second-order valence-corrected chi connectivity index (χ2v) is 8.98. The summed E-state index contributed by atoms with van der Waals surface area (Å²) in [6.45, 7) is 1.56. The molecule has 9 heteroatoms. The number of anilines is 1. The van der Waals surface area contributed by atoms with E-state index in [1.165, 1.54) is 12.1 Å². The summed E-state index contributed by atoms with van der Waals surface area (Å²) in [6, 6.07) is 12.6. The highest BCUT2D eigenvalue weighted by Gasteiger charge is 2.24. The van der Waals surface area contributed by atoms with Gasteiger partial charge in [0.25, 0.3) is 0 Å². The summed E-state index contributed by atoms with van der Waals surface area (Å²) in [7, 11) is 1.89. The van der Waals surface area contributed by atoms with Gasteiger partial charge in [-0.15, -0.1) is 0 Å². The molecule has 6 rings (SSSR count). The van der Waals surface area contributed by atoms with E-state index in [0.29, 0.717) is 23.4 Å². The number of aromatic nitrogens is 5. The highest BCUT2D eigenvalue weighted by atomic mass is 19.1. The second kappa shape index (κ2) is 8.18. The van der Waals surface area contributed by atoms with Crippen LogP contribution in [0.25, 0.3) is 39.1 Å². The number of aryl methyl sites for hydroxylation is 1. The van der Waals surface area contributed by atoms with Gasteiger partial charge in [-0.2, -0.15) is 10.4 Å². The lowest BCUT2D eigenvalue weighted by atomic mass is 10.0. The Morgan fingerprint density at radius 3 is 2.83 bits per heavy atom. The molecule has 2 N–H and O–H groups in total. The van der Waals surface area contributed by atoms with Gasteiger partial charge in [-0.25, -0.2) is 14.4 Å². The van der Waals surface area contributed by atoms with Crippen LogP contribution in [-0.4, -0.2) is 43.3 Å². The molecule has 0 amide bonds. The lowest BCUT2D eigenvalue weighted by Crippen LogP contribution is -2.43. The third-order valence-electron chi connectivity index (χ3n) is 6.54. The van der Waals surface area contributed by atoms with Crippen LogP contribution in [0.1, 0.15) is 18.4 Å². The smallest absolute Gasteiger partial charge is 0.181 e. The Balaban J connectivity index is 1.61. The first-order valence-electron chi connectivity index (χ1n) is 11.5. The van der Waals surface area contributed by atoms with Crippen LogP contribution < -0.4 is 10.6 Å². The lowest BCUT2D eigenvalue weighted by Gasteiger charge is -2.31. The van der Waals surface area contributed by atoms with Crippen molar-refractivity contribution < 1.29 is 4.39 Å². The van der Waals surface area contributed by atoms with Crippen molar-refractivity contribution in [2.45, 2.75) is 18.9 Å². The predicted octanol–water partition coefficient (Wildman–Crippen LogP) is 3.89. The Hall–Kier alpha value is -4.29. The number of fused-ring (bicyclic) bond motifs is 2. The Kier molecular flexibility index (Phi) is 4.97.